The standard InChI is InChI=1S/C11H16O3/c1-4-7-10(14-8-5-2)9-11(12)13-6-3/h4,10H,1,6-7,9H2,2-3H3. The van der Waals surface area contributed by atoms with E-state index in [0.717, 1.165) is 0 Å². The van der Waals surface area contributed by atoms with Crippen LogP contribution in [0.4, 0.5) is 0 Å². The second-order valence-electron chi connectivity index (χ2n) is 2.63. The van der Waals surface area contributed by atoms with Crippen molar-refractivity contribution in [3.8, 4) is 12.0 Å². The van der Waals surface area contributed by atoms with Crippen LogP contribution in [0.15, 0.2) is 12.7 Å². The molecule has 1 atom stereocenters. The minimum Gasteiger partial charge on any atom is -0.466 e. The maximum Gasteiger partial charge on any atom is 0.309 e. The fraction of sp³-hybridized carbons (Fsp3) is 0.545. The van der Waals surface area contributed by atoms with Gasteiger partial charge in [0.05, 0.1) is 13.0 Å². The molecule has 0 radical (unpaired) electrons. The van der Waals surface area contributed by atoms with Gasteiger partial charge < -0.3 is 9.47 Å². The first kappa shape index (κ1) is 12.6. The maximum absolute atomic E-state index is 11.1. The zero-order valence-corrected chi connectivity index (χ0v) is 8.71. The number of hydrogen-bond donors (Lipinski definition) is 0. The van der Waals surface area contributed by atoms with Crippen molar-refractivity contribution < 1.29 is 14.3 Å². The Balaban J connectivity index is 3.98. The van der Waals surface area contributed by atoms with Crippen molar-refractivity contribution in [2.75, 3.05) is 6.61 Å². The Morgan fingerprint density at radius 2 is 2.36 bits per heavy atom. The molecular formula is C11H16O3. The van der Waals surface area contributed by atoms with Crippen molar-refractivity contribution in [2.45, 2.75) is 32.8 Å². The molecule has 0 aromatic rings. The third kappa shape index (κ3) is 6.13. The van der Waals surface area contributed by atoms with Crippen LogP contribution in [0, 0.1) is 12.0 Å². The number of esters is 1. The average molecular weight is 196 g/mol. The number of carbonyl (C=O) groups is 1. The molecule has 3 heteroatoms. The highest BCUT2D eigenvalue weighted by Crippen LogP contribution is 2.05. The van der Waals surface area contributed by atoms with Gasteiger partial charge in [-0.15, -0.1) is 6.58 Å². The van der Waals surface area contributed by atoms with Gasteiger partial charge in [-0.3, -0.25) is 4.79 Å². The molecule has 0 heterocycles. The van der Waals surface area contributed by atoms with Crippen LogP contribution in [-0.4, -0.2) is 18.7 Å². The first-order valence-corrected chi connectivity index (χ1v) is 4.58. The summed E-state index contributed by atoms with van der Waals surface area (Å²) in [5.74, 6) is 2.34. The maximum atomic E-state index is 11.1. The molecule has 0 aliphatic rings. The van der Waals surface area contributed by atoms with Gasteiger partial charge in [0.2, 0.25) is 0 Å². The molecule has 0 saturated heterocycles. The van der Waals surface area contributed by atoms with Crippen LogP contribution in [0.2, 0.25) is 0 Å². The van der Waals surface area contributed by atoms with Crippen molar-refractivity contribution in [3.63, 3.8) is 0 Å². The average Bonchev–Trinajstić information content (AvgIpc) is 2.15. The molecule has 0 aliphatic heterocycles. The molecule has 0 aromatic heterocycles. The molecule has 0 amide bonds. The molecule has 0 saturated carbocycles. The van der Waals surface area contributed by atoms with Gasteiger partial charge in [0, 0.05) is 13.3 Å². The SMILES string of the molecule is C=CCC(CC(=O)OCC)OC#CC. The highest BCUT2D eigenvalue weighted by Gasteiger charge is 2.13. The van der Waals surface area contributed by atoms with Crippen molar-refractivity contribution >= 4 is 5.97 Å². The Morgan fingerprint density at radius 3 is 2.86 bits per heavy atom. The van der Waals surface area contributed by atoms with Crippen molar-refractivity contribution in [1.29, 1.82) is 0 Å². The third-order valence-electron chi connectivity index (χ3n) is 1.46. The van der Waals surface area contributed by atoms with Crippen LogP contribution in [0.1, 0.15) is 26.7 Å². The molecule has 78 valence electrons. The van der Waals surface area contributed by atoms with Gasteiger partial charge in [-0.1, -0.05) is 12.0 Å². The van der Waals surface area contributed by atoms with Gasteiger partial charge >= 0.3 is 5.97 Å². The predicted octanol–water partition coefficient (Wildman–Crippen LogP) is 1.88. The highest BCUT2D eigenvalue weighted by atomic mass is 16.5. The number of carbonyl (C=O) groups excluding carboxylic acids is 1. The Bertz CT molecular complexity index is 235. The van der Waals surface area contributed by atoms with E-state index < -0.39 is 0 Å². The summed E-state index contributed by atoms with van der Waals surface area (Å²) in [5, 5.41) is 0. The fourth-order valence-corrected chi connectivity index (χ4v) is 0.907. The van der Waals surface area contributed by atoms with Crippen LogP contribution in [0.25, 0.3) is 0 Å². The monoisotopic (exact) mass is 196 g/mol. The van der Waals surface area contributed by atoms with E-state index in [1.54, 1.807) is 19.9 Å². The molecule has 0 aromatic carbocycles. The number of hydrogen-bond acceptors (Lipinski definition) is 3. The van der Waals surface area contributed by atoms with Crippen LogP contribution in [0.5, 0.6) is 0 Å². The van der Waals surface area contributed by atoms with E-state index in [2.05, 4.69) is 18.6 Å². The topological polar surface area (TPSA) is 35.5 Å². The lowest BCUT2D eigenvalue weighted by Crippen LogP contribution is -2.17. The molecule has 14 heavy (non-hydrogen) atoms. The molecule has 0 aliphatic carbocycles. The van der Waals surface area contributed by atoms with Crippen LogP contribution >= 0.6 is 0 Å². The minimum atomic E-state index is -0.266. The minimum absolute atomic E-state index is 0.217. The van der Waals surface area contributed by atoms with E-state index in [1.807, 2.05) is 0 Å². The Labute approximate surface area is 85.1 Å². The van der Waals surface area contributed by atoms with Crippen LogP contribution in [-0.2, 0) is 14.3 Å². The number of rotatable bonds is 6. The molecule has 0 fully saturated rings. The molecule has 1 unspecified atom stereocenters. The van der Waals surface area contributed by atoms with E-state index in [1.165, 1.54) is 0 Å². The van der Waals surface area contributed by atoms with E-state index in [9.17, 15) is 4.79 Å². The van der Waals surface area contributed by atoms with Gasteiger partial charge in [0.1, 0.15) is 12.2 Å². The summed E-state index contributed by atoms with van der Waals surface area (Å²) in [6, 6.07) is 0. The smallest absolute Gasteiger partial charge is 0.309 e. The summed E-state index contributed by atoms with van der Waals surface area (Å²) in [6.07, 6.45) is 4.73. The lowest BCUT2D eigenvalue weighted by atomic mass is 10.2. The van der Waals surface area contributed by atoms with Crippen molar-refractivity contribution in [1.82, 2.24) is 0 Å². The second-order valence-corrected chi connectivity index (χ2v) is 2.63. The highest BCUT2D eigenvalue weighted by molar-refractivity contribution is 5.69. The lowest BCUT2D eigenvalue weighted by Gasteiger charge is -2.11. The van der Waals surface area contributed by atoms with E-state index in [-0.39, 0.29) is 18.5 Å². The van der Waals surface area contributed by atoms with Crippen LogP contribution in [0.3, 0.4) is 0 Å². The van der Waals surface area contributed by atoms with Gasteiger partial charge in [-0.05, 0) is 6.92 Å². The largest absolute Gasteiger partial charge is 0.466 e. The third-order valence-corrected chi connectivity index (χ3v) is 1.46. The summed E-state index contributed by atoms with van der Waals surface area (Å²) < 4.78 is 9.91. The first-order valence-electron chi connectivity index (χ1n) is 4.58. The Morgan fingerprint density at radius 1 is 1.64 bits per heavy atom. The molecule has 0 spiro atoms. The summed E-state index contributed by atoms with van der Waals surface area (Å²) in [5.41, 5.74) is 0. The quantitative estimate of drug-likeness (QED) is 0.369. The van der Waals surface area contributed by atoms with Crippen molar-refractivity contribution in [3.05, 3.63) is 12.7 Å². The van der Waals surface area contributed by atoms with E-state index in [4.69, 9.17) is 9.47 Å². The second kappa shape index (κ2) is 8.18. The summed E-state index contributed by atoms with van der Waals surface area (Å²) in [7, 11) is 0. The predicted molar refractivity (Wildman–Crippen MR) is 54.4 cm³/mol. The molecule has 0 rings (SSSR count). The molecule has 0 bridgehead atoms. The Hall–Kier alpha value is -1.43. The van der Waals surface area contributed by atoms with E-state index in [0.29, 0.717) is 13.0 Å². The lowest BCUT2D eigenvalue weighted by molar-refractivity contribution is -0.145. The normalized spacial score (nSPS) is 10.7. The summed E-state index contributed by atoms with van der Waals surface area (Å²) in [4.78, 5) is 11.1. The van der Waals surface area contributed by atoms with Gasteiger partial charge in [-0.25, -0.2) is 0 Å². The molecule has 0 N–H and O–H groups in total. The van der Waals surface area contributed by atoms with E-state index >= 15 is 0 Å². The van der Waals surface area contributed by atoms with Gasteiger partial charge in [0.25, 0.3) is 0 Å². The van der Waals surface area contributed by atoms with Gasteiger partial charge in [-0.2, -0.15) is 0 Å². The molecular weight excluding hydrogens is 180 g/mol. The summed E-state index contributed by atoms with van der Waals surface area (Å²) >= 11 is 0. The fourth-order valence-electron chi connectivity index (χ4n) is 0.907. The number of ether oxygens (including phenoxy) is 2. The summed E-state index contributed by atoms with van der Waals surface area (Å²) in [6.45, 7) is 7.42. The van der Waals surface area contributed by atoms with Gasteiger partial charge in [0.15, 0.2) is 0 Å². The Kier molecular flexibility index (Phi) is 7.35. The first-order chi connectivity index (χ1) is 6.74. The van der Waals surface area contributed by atoms with Crippen LogP contribution < -0.4 is 0 Å². The van der Waals surface area contributed by atoms with Crippen molar-refractivity contribution in [2.24, 2.45) is 0 Å². The zero-order chi connectivity index (χ0) is 10.8. The molecule has 3 nitrogen and oxygen atoms in total. The zero-order valence-electron chi connectivity index (χ0n) is 8.71.